The molecule has 2 aromatic rings. The summed E-state index contributed by atoms with van der Waals surface area (Å²) in [6, 6.07) is 10.3. The fourth-order valence-corrected chi connectivity index (χ4v) is 1.96. The van der Waals surface area contributed by atoms with E-state index in [-0.39, 0.29) is 5.76 Å². The predicted molar refractivity (Wildman–Crippen MR) is 71.9 cm³/mol. The van der Waals surface area contributed by atoms with Crippen molar-refractivity contribution in [1.82, 2.24) is 0 Å². The molecule has 19 heavy (non-hydrogen) atoms. The molecule has 0 saturated carbocycles. The van der Waals surface area contributed by atoms with Crippen LogP contribution in [0.3, 0.4) is 0 Å². The lowest BCUT2D eigenvalue weighted by molar-refractivity contribution is 0.0660. The van der Waals surface area contributed by atoms with Gasteiger partial charge in [-0.1, -0.05) is 0 Å². The van der Waals surface area contributed by atoms with Crippen LogP contribution in [-0.2, 0) is 6.54 Å². The summed E-state index contributed by atoms with van der Waals surface area (Å²) in [5.74, 6) is -0.650. The van der Waals surface area contributed by atoms with Crippen LogP contribution in [0.15, 0.2) is 39.2 Å². The maximum Gasteiger partial charge on any atom is 0.371 e. The standard InChI is InChI=1S/C13H9BrN2O3/c14-11-5-9(2-1-8(11)6-15)16-7-10-3-4-12(19-10)13(17)18/h1-5,16H,7H2,(H,17,18). The molecule has 0 bridgehead atoms. The van der Waals surface area contributed by atoms with E-state index in [0.29, 0.717) is 22.3 Å². The zero-order chi connectivity index (χ0) is 13.8. The number of benzene rings is 1. The minimum absolute atomic E-state index is 0.0854. The average Bonchev–Trinajstić information content (AvgIpc) is 2.85. The molecular weight excluding hydrogens is 312 g/mol. The minimum Gasteiger partial charge on any atom is -0.475 e. The van der Waals surface area contributed by atoms with E-state index < -0.39 is 5.97 Å². The highest BCUT2D eigenvalue weighted by Crippen LogP contribution is 2.21. The summed E-state index contributed by atoms with van der Waals surface area (Å²) in [5, 5.41) is 20.6. The highest BCUT2D eigenvalue weighted by Gasteiger charge is 2.08. The van der Waals surface area contributed by atoms with Crippen LogP contribution >= 0.6 is 15.9 Å². The van der Waals surface area contributed by atoms with Crippen molar-refractivity contribution < 1.29 is 14.3 Å². The van der Waals surface area contributed by atoms with E-state index in [4.69, 9.17) is 14.8 Å². The maximum atomic E-state index is 10.7. The number of hydrogen-bond acceptors (Lipinski definition) is 4. The van der Waals surface area contributed by atoms with E-state index in [9.17, 15) is 4.79 Å². The van der Waals surface area contributed by atoms with Gasteiger partial charge in [0.2, 0.25) is 5.76 Å². The predicted octanol–water partition coefficient (Wildman–Crippen LogP) is 3.22. The summed E-state index contributed by atoms with van der Waals surface area (Å²) >= 11 is 3.29. The molecule has 1 aromatic carbocycles. The molecule has 96 valence electrons. The molecule has 0 aliphatic rings. The first kappa shape index (κ1) is 13.2. The van der Waals surface area contributed by atoms with E-state index in [2.05, 4.69) is 27.3 Å². The Morgan fingerprint density at radius 1 is 1.42 bits per heavy atom. The van der Waals surface area contributed by atoms with Gasteiger partial charge in [0.1, 0.15) is 11.8 Å². The highest BCUT2D eigenvalue weighted by molar-refractivity contribution is 9.10. The van der Waals surface area contributed by atoms with Crippen LogP contribution in [0.5, 0.6) is 0 Å². The Balaban J connectivity index is 2.04. The molecule has 1 aromatic heterocycles. The Labute approximate surface area is 117 Å². The number of nitriles is 1. The quantitative estimate of drug-likeness (QED) is 0.903. The van der Waals surface area contributed by atoms with Gasteiger partial charge in [0.05, 0.1) is 12.1 Å². The number of carboxylic acids is 1. The molecule has 6 heteroatoms. The molecule has 2 N–H and O–H groups in total. The van der Waals surface area contributed by atoms with Crippen LogP contribution in [0, 0.1) is 11.3 Å². The summed E-state index contributed by atoms with van der Waals surface area (Å²) in [5.41, 5.74) is 1.36. The van der Waals surface area contributed by atoms with Crippen molar-refractivity contribution in [2.24, 2.45) is 0 Å². The van der Waals surface area contributed by atoms with Crippen molar-refractivity contribution in [1.29, 1.82) is 5.26 Å². The van der Waals surface area contributed by atoms with E-state index in [1.165, 1.54) is 6.07 Å². The van der Waals surface area contributed by atoms with Gasteiger partial charge in [0.25, 0.3) is 0 Å². The monoisotopic (exact) mass is 320 g/mol. The maximum absolute atomic E-state index is 10.7. The van der Waals surface area contributed by atoms with Crippen LogP contribution in [0.1, 0.15) is 21.9 Å². The van der Waals surface area contributed by atoms with E-state index in [1.807, 2.05) is 0 Å². The summed E-state index contributed by atoms with van der Waals surface area (Å²) in [7, 11) is 0. The van der Waals surface area contributed by atoms with Crippen molar-refractivity contribution >= 4 is 27.6 Å². The molecule has 1 heterocycles. The second kappa shape index (κ2) is 5.59. The van der Waals surface area contributed by atoms with Crippen molar-refractivity contribution in [2.75, 3.05) is 5.32 Å². The molecule has 0 aliphatic carbocycles. The number of carboxylic acid groups (broad SMARTS) is 1. The Bertz CT molecular complexity index is 658. The van der Waals surface area contributed by atoms with E-state index >= 15 is 0 Å². The first-order valence-electron chi connectivity index (χ1n) is 5.35. The molecule has 0 radical (unpaired) electrons. The molecule has 2 rings (SSSR count). The normalized spacial score (nSPS) is 9.89. The Morgan fingerprint density at radius 3 is 2.79 bits per heavy atom. The van der Waals surface area contributed by atoms with Crippen LogP contribution in [0.2, 0.25) is 0 Å². The summed E-state index contributed by atoms with van der Waals surface area (Å²) in [4.78, 5) is 10.7. The third-order valence-electron chi connectivity index (χ3n) is 2.43. The second-order valence-corrected chi connectivity index (χ2v) is 4.59. The number of rotatable bonds is 4. The zero-order valence-electron chi connectivity index (χ0n) is 9.68. The number of carbonyl (C=O) groups is 1. The van der Waals surface area contributed by atoms with Gasteiger partial charge in [0, 0.05) is 10.2 Å². The molecule has 0 unspecified atom stereocenters. The van der Waals surface area contributed by atoms with Gasteiger partial charge in [-0.2, -0.15) is 5.26 Å². The number of hydrogen-bond donors (Lipinski definition) is 2. The highest BCUT2D eigenvalue weighted by atomic mass is 79.9. The van der Waals surface area contributed by atoms with Gasteiger partial charge < -0.3 is 14.8 Å². The lowest BCUT2D eigenvalue weighted by Crippen LogP contribution is -1.98. The van der Waals surface area contributed by atoms with Crippen molar-refractivity contribution in [3.8, 4) is 6.07 Å². The molecule has 0 amide bonds. The zero-order valence-corrected chi connectivity index (χ0v) is 11.3. The summed E-state index contributed by atoms with van der Waals surface area (Å²) in [6.45, 7) is 0.367. The topological polar surface area (TPSA) is 86.3 Å². The van der Waals surface area contributed by atoms with Gasteiger partial charge in [-0.15, -0.1) is 0 Å². The molecule has 0 atom stereocenters. The fourth-order valence-electron chi connectivity index (χ4n) is 1.49. The first-order chi connectivity index (χ1) is 9.10. The van der Waals surface area contributed by atoms with Crippen molar-refractivity contribution in [3.63, 3.8) is 0 Å². The average molecular weight is 321 g/mol. The van der Waals surface area contributed by atoms with Gasteiger partial charge in [-0.25, -0.2) is 4.79 Å². The van der Waals surface area contributed by atoms with Crippen LogP contribution in [0.25, 0.3) is 0 Å². The van der Waals surface area contributed by atoms with Gasteiger partial charge in [-0.05, 0) is 46.3 Å². The smallest absolute Gasteiger partial charge is 0.371 e. The molecule has 0 spiro atoms. The fraction of sp³-hybridized carbons (Fsp3) is 0.0769. The second-order valence-electron chi connectivity index (χ2n) is 3.73. The van der Waals surface area contributed by atoms with Crippen molar-refractivity contribution in [2.45, 2.75) is 6.54 Å². The molecule has 0 aliphatic heterocycles. The lowest BCUT2D eigenvalue weighted by Gasteiger charge is -2.05. The van der Waals surface area contributed by atoms with Crippen LogP contribution in [-0.4, -0.2) is 11.1 Å². The Hall–Kier alpha value is -2.26. The van der Waals surface area contributed by atoms with Crippen LogP contribution < -0.4 is 5.32 Å². The molecule has 5 nitrogen and oxygen atoms in total. The van der Waals surface area contributed by atoms with Gasteiger partial charge in [0.15, 0.2) is 0 Å². The Kier molecular flexibility index (Phi) is 3.88. The third kappa shape index (κ3) is 3.14. The third-order valence-corrected chi connectivity index (χ3v) is 3.08. The number of aromatic carboxylic acids is 1. The van der Waals surface area contributed by atoms with Gasteiger partial charge in [-0.3, -0.25) is 0 Å². The van der Waals surface area contributed by atoms with E-state index in [1.54, 1.807) is 24.3 Å². The number of nitrogens with one attached hydrogen (secondary N) is 1. The largest absolute Gasteiger partial charge is 0.475 e. The van der Waals surface area contributed by atoms with Crippen LogP contribution in [0.4, 0.5) is 5.69 Å². The molecule has 0 saturated heterocycles. The number of nitrogens with zero attached hydrogens (tertiary/aromatic N) is 1. The molecule has 0 fully saturated rings. The minimum atomic E-state index is -1.09. The SMILES string of the molecule is N#Cc1ccc(NCc2ccc(C(=O)O)o2)cc1Br. The van der Waals surface area contributed by atoms with Crippen molar-refractivity contribution in [3.05, 3.63) is 51.9 Å². The van der Waals surface area contributed by atoms with E-state index in [0.717, 1.165) is 5.69 Å². The van der Waals surface area contributed by atoms with Gasteiger partial charge >= 0.3 is 5.97 Å². The number of furan rings is 1. The summed E-state index contributed by atoms with van der Waals surface area (Å²) < 4.78 is 5.82. The Morgan fingerprint density at radius 2 is 2.21 bits per heavy atom. The summed E-state index contributed by atoms with van der Waals surface area (Å²) in [6.07, 6.45) is 0. The first-order valence-corrected chi connectivity index (χ1v) is 6.15. The lowest BCUT2D eigenvalue weighted by atomic mass is 10.2. The number of halogens is 1. The number of anilines is 1. The molecular formula is C13H9BrN2O3.